The Bertz CT molecular complexity index is 536. The molecule has 17 heavy (non-hydrogen) atoms. The second kappa shape index (κ2) is 5.31. The van der Waals surface area contributed by atoms with Gasteiger partial charge in [-0.3, -0.25) is 4.21 Å². The Kier molecular flexibility index (Phi) is 3.78. The number of nitrogens with one attached hydrogen (secondary N) is 1. The van der Waals surface area contributed by atoms with Crippen LogP contribution in [0.5, 0.6) is 0 Å². The molecule has 2 rings (SSSR count). The van der Waals surface area contributed by atoms with Gasteiger partial charge < -0.3 is 9.88 Å². The van der Waals surface area contributed by atoms with Crippen LogP contribution in [-0.4, -0.2) is 32.3 Å². The smallest absolute Gasteiger partial charge is 0.203 e. The Labute approximate surface area is 104 Å². The number of fused-ring (bicyclic) bond motifs is 1. The van der Waals surface area contributed by atoms with Crippen molar-refractivity contribution < 1.29 is 4.21 Å². The molecule has 0 aliphatic rings. The maximum atomic E-state index is 10.9. The van der Waals surface area contributed by atoms with Crippen molar-refractivity contribution in [3.05, 3.63) is 24.3 Å². The van der Waals surface area contributed by atoms with Crippen molar-refractivity contribution in [1.82, 2.24) is 9.55 Å². The van der Waals surface area contributed by atoms with Crippen LogP contribution in [0, 0.1) is 0 Å². The molecule has 0 fully saturated rings. The number of anilines is 1. The first-order valence-corrected chi connectivity index (χ1v) is 7.36. The molecule has 0 amide bonds. The van der Waals surface area contributed by atoms with Gasteiger partial charge in [0, 0.05) is 36.4 Å². The minimum absolute atomic E-state index is 0.711. The summed E-state index contributed by atoms with van der Waals surface area (Å²) in [5.74, 6) is 1.60. The number of hydrogen-bond acceptors (Lipinski definition) is 3. The van der Waals surface area contributed by atoms with Crippen LogP contribution in [0.15, 0.2) is 24.3 Å². The predicted molar refractivity (Wildman–Crippen MR) is 72.8 cm³/mol. The largest absolute Gasteiger partial charge is 0.356 e. The molecule has 1 unspecified atom stereocenters. The van der Waals surface area contributed by atoms with Crippen molar-refractivity contribution in [2.75, 3.05) is 23.9 Å². The molecular weight excluding hydrogens is 234 g/mol. The van der Waals surface area contributed by atoms with Crippen molar-refractivity contribution in [1.29, 1.82) is 0 Å². The number of nitrogens with zero attached hydrogens (tertiary/aromatic N) is 2. The SMILES string of the molecule is Cn1c(NCCCS(C)=O)nc2ccccc21. The van der Waals surface area contributed by atoms with E-state index in [0.29, 0.717) is 0 Å². The highest BCUT2D eigenvalue weighted by molar-refractivity contribution is 7.84. The quantitative estimate of drug-likeness (QED) is 0.824. The lowest BCUT2D eigenvalue weighted by Gasteiger charge is -2.05. The van der Waals surface area contributed by atoms with E-state index >= 15 is 0 Å². The second-order valence-electron chi connectivity index (χ2n) is 4.04. The van der Waals surface area contributed by atoms with E-state index < -0.39 is 10.8 Å². The number of aromatic nitrogens is 2. The van der Waals surface area contributed by atoms with Crippen molar-refractivity contribution in [3.63, 3.8) is 0 Å². The molecule has 0 aliphatic carbocycles. The van der Waals surface area contributed by atoms with Crippen molar-refractivity contribution in [3.8, 4) is 0 Å². The number of imidazole rings is 1. The predicted octanol–water partition coefficient (Wildman–Crippen LogP) is 1.75. The molecule has 1 N–H and O–H groups in total. The molecule has 2 aromatic rings. The average molecular weight is 251 g/mol. The van der Waals surface area contributed by atoms with Gasteiger partial charge in [0.15, 0.2) is 0 Å². The molecule has 0 bridgehead atoms. The number of rotatable bonds is 5. The monoisotopic (exact) mass is 251 g/mol. The maximum Gasteiger partial charge on any atom is 0.203 e. The highest BCUT2D eigenvalue weighted by atomic mass is 32.2. The summed E-state index contributed by atoms with van der Waals surface area (Å²) in [6, 6.07) is 8.05. The van der Waals surface area contributed by atoms with Gasteiger partial charge in [0.1, 0.15) is 0 Å². The van der Waals surface area contributed by atoms with Gasteiger partial charge in [0.2, 0.25) is 5.95 Å². The fourth-order valence-electron chi connectivity index (χ4n) is 1.78. The third kappa shape index (κ3) is 2.85. The van der Waals surface area contributed by atoms with E-state index in [2.05, 4.69) is 16.4 Å². The highest BCUT2D eigenvalue weighted by Gasteiger charge is 2.05. The van der Waals surface area contributed by atoms with E-state index in [1.54, 1.807) is 6.26 Å². The van der Waals surface area contributed by atoms with Crippen LogP contribution < -0.4 is 5.32 Å². The molecule has 0 saturated heterocycles. The fraction of sp³-hybridized carbons (Fsp3) is 0.417. The van der Waals surface area contributed by atoms with Crippen molar-refractivity contribution in [2.45, 2.75) is 6.42 Å². The molecule has 0 saturated carbocycles. The van der Waals surface area contributed by atoms with Crippen LogP contribution in [0.2, 0.25) is 0 Å². The zero-order valence-corrected chi connectivity index (χ0v) is 11.0. The number of benzene rings is 1. The lowest BCUT2D eigenvalue weighted by Crippen LogP contribution is -2.09. The first kappa shape index (κ1) is 12.1. The molecule has 1 heterocycles. The van der Waals surface area contributed by atoms with Crippen LogP contribution in [0.3, 0.4) is 0 Å². The van der Waals surface area contributed by atoms with E-state index in [9.17, 15) is 4.21 Å². The molecule has 0 aliphatic heterocycles. The molecule has 0 radical (unpaired) electrons. The van der Waals surface area contributed by atoms with Gasteiger partial charge >= 0.3 is 0 Å². The van der Waals surface area contributed by atoms with E-state index in [1.165, 1.54) is 0 Å². The average Bonchev–Trinajstić information content (AvgIpc) is 2.63. The van der Waals surface area contributed by atoms with Crippen molar-refractivity contribution in [2.24, 2.45) is 7.05 Å². The van der Waals surface area contributed by atoms with Gasteiger partial charge in [0.25, 0.3) is 0 Å². The zero-order valence-electron chi connectivity index (χ0n) is 10.1. The third-order valence-corrected chi connectivity index (χ3v) is 3.54. The molecule has 4 nitrogen and oxygen atoms in total. The van der Waals surface area contributed by atoms with E-state index in [0.717, 1.165) is 35.7 Å². The first-order valence-electron chi connectivity index (χ1n) is 5.64. The van der Waals surface area contributed by atoms with Crippen LogP contribution in [0.1, 0.15) is 6.42 Å². The summed E-state index contributed by atoms with van der Waals surface area (Å²) in [6.45, 7) is 0.802. The van der Waals surface area contributed by atoms with Gasteiger partial charge in [-0.25, -0.2) is 4.98 Å². The number of para-hydroxylation sites is 2. The van der Waals surface area contributed by atoms with E-state index in [4.69, 9.17) is 0 Å². The summed E-state index contributed by atoms with van der Waals surface area (Å²) in [5.41, 5.74) is 2.12. The van der Waals surface area contributed by atoms with Crippen LogP contribution in [0.25, 0.3) is 11.0 Å². The lowest BCUT2D eigenvalue weighted by atomic mass is 10.3. The molecular formula is C12H17N3OS. The van der Waals surface area contributed by atoms with Gasteiger partial charge in [-0.05, 0) is 18.6 Å². The van der Waals surface area contributed by atoms with Gasteiger partial charge in [-0.15, -0.1) is 0 Å². The molecule has 0 spiro atoms. The first-order chi connectivity index (χ1) is 8.18. The summed E-state index contributed by atoms with van der Waals surface area (Å²) in [5, 5.41) is 3.28. The normalized spacial score (nSPS) is 12.8. The molecule has 92 valence electrons. The maximum absolute atomic E-state index is 10.9. The van der Waals surface area contributed by atoms with E-state index in [1.807, 2.05) is 29.8 Å². The summed E-state index contributed by atoms with van der Waals surface area (Å²) in [6.07, 6.45) is 2.63. The van der Waals surface area contributed by atoms with E-state index in [-0.39, 0.29) is 0 Å². The number of aryl methyl sites for hydroxylation is 1. The van der Waals surface area contributed by atoms with Gasteiger partial charge in [-0.2, -0.15) is 0 Å². The minimum atomic E-state index is -0.711. The fourth-order valence-corrected chi connectivity index (χ4v) is 2.33. The highest BCUT2D eigenvalue weighted by Crippen LogP contribution is 2.17. The Balaban J connectivity index is 2.04. The minimum Gasteiger partial charge on any atom is -0.356 e. The van der Waals surface area contributed by atoms with Crippen molar-refractivity contribution >= 4 is 27.8 Å². The van der Waals surface area contributed by atoms with Crippen LogP contribution in [-0.2, 0) is 17.8 Å². The molecule has 1 atom stereocenters. The topological polar surface area (TPSA) is 46.9 Å². The van der Waals surface area contributed by atoms with Gasteiger partial charge in [0.05, 0.1) is 11.0 Å². The molecule has 1 aromatic heterocycles. The second-order valence-corrected chi connectivity index (χ2v) is 5.60. The Morgan fingerprint density at radius 3 is 2.88 bits per heavy atom. The van der Waals surface area contributed by atoms with Crippen LogP contribution >= 0.6 is 0 Å². The summed E-state index contributed by atoms with van der Waals surface area (Å²) in [4.78, 5) is 4.50. The summed E-state index contributed by atoms with van der Waals surface area (Å²) in [7, 11) is 1.28. The summed E-state index contributed by atoms with van der Waals surface area (Å²) < 4.78 is 13.0. The summed E-state index contributed by atoms with van der Waals surface area (Å²) >= 11 is 0. The Morgan fingerprint density at radius 1 is 1.41 bits per heavy atom. The Hall–Kier alpha value is -1.36. The Morgan fingerprint density at radius 2 is 2.18 bits per heavy atom. The van der Waals surface area contributed by atoms with Crippen LogP contribution in [0.4, 0.5) is 5.95 Å². The number of hydrogen-bond donors (Lipinski definition) is 1. The zero-order chi connectivity index (χ0) is 12.3. The third-order valence-electron chi connectivity index (χ3n) is 2.68. The van der Waals surface area contributed by atoms with Gasteiger partial charge in [-0.1, -0.05) is 12.1 Å². The lowest BCUT2D eigenvalue weighted by molar-refractivity contribution is 0.685. The standard InChI is InChI=1S/C12H17N3OS/c1-15-11-7-4-3-6-10(11)14-12(15)13-8-5-9-17(2)16/h3-4,6-7H,5,8-9H2,1-2H3,(H,13,14). The molecule has 5 heteroatoms. The molecule has 1 aromatic carbocycles.